The molecule has 1 nitrogen and oxygen atoms in total. The minimum Gasteiger partial charge on any atom is -0.292 e. The molecule has 0 saturated carbocycles. The molecule has 0 radical (unpaired) electrons. The average Bonchev–Trinajstić information content (AvgIpc) is 2.86. The highest BCUT2D eigenvalue weighted by atomic mass is 16.1. The van der Waals surface area contributed by atoms with Gasteiger partial charge in [-0.05, 0) is 51.8 Å². The van der Waals surface area contributed by atoms with Crippen LogP contribution in [0.25, 0.3) is 0 Å². The van der Waals surface area contributed by atoms with E-state index in [-0.39, 0.29) is 5.78 Å². The minimum atomic E-state index is -0.937. The number of rotatable bonds is 7. The summed E-state index contributed by atoms with van der Waals surface area (Å²) in [4.78, 5) is 14.8. The fourth-order valence-corrected chi connectivity index (χ4v) is 4.65. The predicted molar refractivity (Wildman–Crippen MR) is 138 cm³/mol. The first kappa shape index (κ1) is 22.7. The molecule has 0 heterocycles. The van der Waals surface area contributed by atoms with Gasteiger partial charge in [-0.15, -0.1) is 0 Å². The normalized spacial score (nSPS) is 11.7. The van der Waals surface area contributed by atoms with Gasteiger partial charge >= 0.3 is 0 Å². The third-order valence-electron chi connectivity index (χ3n) is 6.53. The predicted octanol–water partition coefficient (Wildman–Crippen LogP) is 8.15. The number of benzene rings is 4. The van der Waals surface area contributed by atoms with Crippen LogP contribution in [0.1, 0.15) is 77.7 Å². The van der Waals surface area contributed by atoms with Crippen LogP contribution >= 0.6 is 0 Å². The van der Waals surface area contributed by atoms with E-state index < -0.39 is 5.41 Å². The van der Waals surface area contributed by atoms with Gasteiger partial charge in [0.25, 0.3) is 0 Å². The average molecular weight is 433 g/mol. The zero-order chi connectivity index (χ0) is 23.4. The second kappa shape index (κ2) is 9.58. The maximum absolute atomic E-state index is 14.8. The van der Waals surface area contributed by atoms with Crippen LogP contribution in [0.2, 0.25) is 0 Å². The standard InChI is InChI=1S/C32H32O/c1-23(2)25-20-26(24(3)4)22-27(21-25)31(33)32(28-14-8-5-9-15-28,29-16-10-6-11-17-29)30-18-12-7-13-19-30/h5-24H,1-4H3. The maximum atomic E-state index is 14.8. The van der Waals surface area contributed by atoms with Crippen molar-refractivity contribution < 1.29 is 4.79 Å². The largest absolute Gasteiger partial charge is 0.292 e. The summed E-state index contributed by atoms with van der Waals surface area (Å²) >= 11 is 0. The third kappa shape index (κ3) is 4.28. The van der Waals surface area contributed by atoms with E-state index >= 15 is 0 Å². The molecule has 0 aliphatic heterocycles. The molecule has 0 N–H and O–H groups in total. The molecule has 4 rings (SSSR count). The molecule has 4 aromatic carbocycles. The second-order valence-electron chi connectivity index (χ2n) is 9.37. The first-order valence-electron chi connectivity index (χ1n) is 11.8. The summed E-state index contributed by atoms with van der Waals surface area (Å²) in [6.45, 7) is 8.75. The summed E-state index contributed by atoms with van der Waals surface area (Å²) in [7, 11) is 0. The molecule has 0 aliphatic carbocycles. The summed E-state index contributed by atoms with van der Waals surface area (Å²) < 4.78 is 0. The van der Waals surface area contributed by atoms with Crippen LogP contribution in [0.15, 0.2) is 109 Å². The summed E-state index contributed by atoms with van der Waals surface area (Å²) in [6.07, 6.45) is 0. The molecule has 0 fully saturated rings. The highest BCUT2D eigenvalue weighted by Gasteiger charge is 2.44. The first-order chi connectivity index (χ1) is 15.9. The molecule has 0 aromatic heterocycles. The fraction of sp³-hybridized carbons (Fsp3) is 0.219. The van der Waals surface area contributed by atoms with Crippen molar-refractivity contribution in [3.8, 4) is 0 Å². The minimum absolute atomic E-state index is 0.107. The van der Waals surface area contributed by atoms with Crippen molar-refractivity contribution in [2.45, 2.75) is 44.9 Å². The van der Waals surface area contributed by atoms with Crippen molar-refractivity contribution in [2.75, 3.05) is 0 Å². The first-order valence-corrected chi connectivity index (χ1v) is 11.8. The molecule has 166 valence electrons. The van der Waals surface area contributed by atoms with Gasteiger partial charge in [-0.1, -0.05) is 125 Å². The van der Waals surface area contributed by atoms with Crippen LogP contribution in [0.5, 0.6) is 0 Å². The molecule has 0 bridgehead atoms. The van der Waals surface area contributed by atoms with E-state index in [0.717, 1.165) is 22.3 Å². The quantitative estimate of drug-likeness (QED) is 0.213. The molecule has 4 aromatic rings. The molecule has 0 unspecified atom stereocenters. The van der Waals surface area contributed by atoms with Crippen LogP contribution in [-0.2, 0) is 5.41 Å². The van der Waals surface area contributed by atoms with E-state index in [4.69, 9.17) is 0 Å². The van der Waals surface area contributed by atoms with E-state index in [1.165, 1.54) is 11.1 Å². The van der Waals surface area contributed by atoms with Crippen molar-refractivity contribution in [3.63, 3.8) is 0 Å². The van der Waals surface area contributed by atoms with Gasteiger partial charge in [0.15, 0.2) is 5.78 Å². The summed E-state index contributed by atoms with van der Waals surface area (Å²) in [5.41, 5.74) is 5.17. The SMILES string of the molecule is CC(C)c1cc(C(=O)C(c2ccccc2)(c2ccccc2)c2ccccc2)cc(C(C)C)c1. The highest BCUT2D eigenvalue weighted by molar-refractivity contribution is 6.09. The molecule has 0 saturated heterocycles. The van der Waals surface area contributed by atoms with Crippen LogP contribution < -0.4 is 0 Å². The Morgan fingerprint density at radius 1 is 0.545 bits per heavy atom. The lowest BCUT2D eigenvalue weighted by Crippen LogP contribution is -2.38. The van der Waals surface area contributed by atoms with Gasteiger partial charge in [0, 0.05) is 5.56 Å². The number of hydrogen-bond donors (Lipinski definition) is 0. The Bertz CT molecular complexity index is 1080. The van der Waals surface area contributed by atoms with E-state index in [1.807, 2.05) is 54.6 Å². The summed E-state index contributed by atoms with van der Waals surface area (Å²) in [5.74, 6) is 0.792. The lowest BCUT2D eigenvalue weighted by atomic mass is 9.65. The molecule has 0 amide bonds. The van der Waals surface area contributed by atoms with Gasteiger partial charge in [0.1, 0.15) is 5.41 Å². The Balaban J connectivity index is 2.07. The number of ketones is 1. The zero-order valence-corrected chi connectivity index (χ0v) is 20.0. The Labute approximate surface area is 198 Å². The maximum Gasteiger partial charge on any atom is 0.182 e. The van der Waals surface area contributed by atoms with Crippen LogP contribution in [0, 0.1) is 0 Å². The van der Waals surface area contributed by atoms with Gasteiger partial charge in [-0.3, -0.25) is 4.79 Å². The van der Waals surface area contributed by atoms with Crippen molar-refractivity contribution in [1.82, 2.24) is 0 Å². The zero-order valence-electron chi connectivity index (χ0n) is 20.0. The molecular formula is C32H32O. The third-order valence-corrected chi connectivity index (χ3v) is 6.53. The van der Waals surface area contributed by atoms with Gasteiger partial charge in [0.2, 0.25) is 0 Å². The lowest BCUT2D eigenvalue weighted by molar-refractivity contribution is 0.0935. The number of carbonyl (C=O) groups excluding carboxylic acids is 1. The summed E-state index contributed by atoms with van der Waals surface area (Å²) in [6, 6.07) is 37.1. The van der Waals surface area contributed by atoms with Crippen molar-refractivity contribution in [1.29, 1.82) is 0 Å². The molecule has 0 aliphatic rings. The van der Waals surface area contributed by atoms with Crippen molar-refractivity contribution >= 4 is 5.78 Å². The Kier molecular flexibility index (Phi) is 6.60. The van der Waals surface area contributed by atoms with Gasteiger partial charge in [0.05, 0.1) is 0 Å². The van der Waals surface area contributed by atoms with Crippen LogP contribution in [-0.4, -0.2) is 5.78 Å². The van der Waals surface area contributed by atoms with E-state index in [0.29, 0.717) is 11.8 Å². The topological polar surface area (TPSA) is 17.1 Å². The molecule has 0 atom stereocenters. The molecule has 33 heavy (non-hydrogen) atoms. The highest BCUT2D eigenvalue weighted by Crippen LogP contribution is 2.42. The molecular weight excluding hydrogens is 400 g/mol. The fourth-order valence-electron chi connectivity index (χ4n) is 4.65. The van der Waals surface area contributed by atoms with E-state index in [2.05, 4.69) is 82.3 Å². The van der Waals surface area contributed by atoms with Gasteiger partial charge < -0.3 is 0 Å². The number of Topliss-reactive ketones (excluding diaryl/α,β-unsaturated/α-hetero) is 1. The number of carbonyl (C=O) groups is 1. The summed E-state index contributed by atoms with van der Waals surface area (Å²) in [5, 5.41) is 0. The Morgan fingerprint density at radius 2 is 0.879 bits per heavy atom. The Hall–Kier alpha value is -3.45. The Morgan fingerprint density at radius 3 is 1.18 bits per heavy atom. The van der Waals surface area contributed by atoms with Gasteiger partial charge in [-0.2, -0.15) is 0 Å². The van der Waals surface area contributed by atoms with Crippen molar-refractivity contribution in [3.05, 3.63) is 143 Å². The smallest absolute Gasteiger partial charge is 0.182 e. The van der Waals surface area contributed by atoms with Crippen LogP contribution in [0.4, 0.5) is 0 Å². The lowest BCUT2D eigenvalue weighted by Gasteiger charge is -2.35. The van der Waals surface area contributed by atoms with Crippen molar-refractivity contribution in [2.24, 2.45) is 0 Å². The second-order valence-corrected chi connectivity index (χ2v) is 9.37. The molecule has 1 heteroatoms. The molecule has 0 spiro atoms. The monoisotopic (exact) mass is 432 g/mol. The number of hydrogen-bond acceptors (Lipinski definition) is 1. The van der Waals surface area contributed by atoms with E-state index in [1.54, 1.807) is 0 Å². The van der Waals surface area contributed by atoms with Gasteiger partial charge in [-0.25, -0.2) is 0 Å². The van der Waals surface area contributed by atoms with E-state index in [9.17, 15) is 4.79 Å². The van der Waals surface area contributed by atoms with Crippen LogP contribution in [0.3, 0.4) is 0 Å².